The maximum atomic E-state index is 5.40. The van der Waals surface area contributed by atoms with E-state index < -0.39 is 0 Å². The topological polar surface area (TPSA) is 51.0 Å². The van der Waals surface area contributed by atoms with Crippen molar-refractivity contribution >= 4 is 11.8 Å². The monoisotopic (exact) mass is 297 g/mol. The molecule has 0 saturated carbocycles. The number of piperidine rings is 1. The summed E-state index contributed by atoms with van der Waals surface area (Å²) in [7, 11) is 0. The van der Waals surface area contributed by atoms with Crippen LogP contribution >= 0.6 is 11.8 Å². The zero-order chi connectivity index (χ0) is 14.4. The molecule has 1 N–H and O–H groups in total. The van der Waals surface area contributed by atoms with Crippen molar-refractivity contribution in [2.45, 2.75) is 57.5 Å². The summed E-state index contributed by atoms with van der Waals surface area (Å²) in [4.78, 5) is 4.53. The van der Waals surface area contributed by atoms with Crippen LogP contribution in [0.4, 0.5) is 0 Å². The van der Waals surface area contributed by atoms with Gasteiger partial charge >= 0.3 is 0 Å². The van der Waals surface area contributed by atoms with Gasteiger partial charge in [0.2, 0.25) is 5.89 Å². The predicted octanol–water partition coefficient (Wildman–Crippen LogP) is 3.28. The average Bonchev–Trinajstić information content (AvgIpc) is 2.93. The van der Waals surface area contributed by atoms with Crippen LogP contribution in [0.3, 0.4) is 0 Å². The van der Waals surface area contributed by atoms with Crippen LogP contribution in [0.5, 0.6) is 0 Å². The molecular weight excluding hydrogens is 270 g/mol. The number of hydrogen-bond donors (Lipinski definition) is 1. The summed E-state index contributed by atoms with van der Waals surface area (Å²) < 4.78 is 5.40. The molecule has 3 unspecified atom stereocenters. The molecule has 0 radical (unpaired) electrons. The molecule has 1 aromatic rings. The Kier molecular flexibility index (Phi) is 6.36. The highest BCUT2D eigenvalue weighted by molar-refractivity contribution is 7.99. The van der Waals surface area contributed by atoms with Crippen LogP contribution in [-0.2, 0) is 12.2 Å². The molecule has 1 fully saturated rings. The Hall–Kier alpha value is -0.550. The SMILES string of the molecule is CCC(C)SCc1noc(CC(C)C2CCCNC2)n1. The van der Waals surface area contributed by atoms with Gasteiger partial charge in [0.25, 0.3) is 0 Å². The second-order valence-corrected chi connectivity index (χ2v) is 7.35. The van der Waals surface area contributed by atoms with Gasteiger partial charge in [-0.2, -0.15) is 16.7 Å². The molecule has 1 aromatic heterocycles. The molecule has 0 bridgehead atoms. The molecule has 0 aromatic carbocycles. The molecule has 1 aliphatic heterocycles. The average molecular weight is 297 g/mol. The first-order chi connectivity index (χ1) is 9.69. The van der Waals surface area contributed by atoms with E-state index >= 15 is 0 Å². The molecule has 1 aliphatic rings. The van der Waals surface area contributed by atoms with Gasteiger partial charge < -0.3 is 9.84 Å². The van der Waals surface area contributed by atoms with E-state index in [9.17, 15) is 0 Å². The van der Waals surface area contributed by atoms with Crippen molar-refractivity contribution in [2.24, 2.45) is 11.8 Å². The number of hydrogen-bond acceptors (Lipinski definition) is 5. The zero-order valence-electron chi connectivity index (χ0n) is 12.9. The van der Waals surface area contributed by atoms with Crippen LogP contribution in [0, 0.1) is 11.8 Å². The summed E-state index contributed by atoms with van der Waals surface area (Å²) in [5.74, 6) is 3.87. The first-order valence-electron chi connectivity index (χ1n) is 7.82. The third kappa shape index (κ3) is 4.77. The Morgan fingerprint density at radius 1 is 1.45 bits per heavy atom. The van der Waals surface area contributed by atoms with Crippen LogP contribution in [0.15, 0.2) is 4.52 Å². The Bertz CT molecular complexity index is 390. The minimum absolute atomic E-state index is 0.610. The quantitative estimate of drug-likeness (QED) is 0.837. The van der Waals surface area contributed by atoms with Crippen molar-refractivity contribution in [2.75, 3.05) is 13.1 Å². The normalized spacial score (nSPS) is 22.6. The van der Waals surface area contributed by atoms with E-state index in [1.54, 1.807) is 0 Å². The molecule has 5 heteroatoms. The molecule has 1 saturated heterocycles. The summed E-state index contributed by atoms with van der Waals surface area (Å²) in [6.45, 7) is 9.05. The zero-order valence-corrected chi connectivity index (χ0v) is 13.7. The lowest BCUT2D eigenvalue weighted by Gasteiger charge is -2.27. The largest absolute Gasteiger partial charge is 0.339 e. The number of nitrogens with one attached hydrogen (secondary N) is 1. The van der Waals surface area contributed by atoms with Gasteiger partial charge in [-0.15, -0.1) is 0 Å². The third-order valence-electron chi connectivity index (χ3n) is 4.22. The first-order valence-corrected chi connectivity index (χ1v) is 8.87. The number of rotatable bonds is 7. The molecular formula is C15H27N3OS. The van der Waals surface area contributed by atoms with Gasteiger partial charge in [0, 0.05) is 11.7 Å². The molecule has 114 valence electrons. The van der Waals surface area contributed by atoms with Crippen molar-refractivity contribution in [1.29, 1.82) is 0 Å². The van der Waals surface area contributed by atoms with Crippen molar-refractivity contribution in [3.63, 3.8) is 0 Å². The summed E-state index contributed by atoms with van der Waals surface area (Å²) in [5, 5.41) is 8.23. The van der Waals surface area contributed by atoms with E-state index in [1.807, 2.05) is 11.8 Å². The van der Waals surface area contributed by atoms with Gasteiger partial charge in [-0.1, -0.05) is 25.9 Å². The fourth-order valence-corrected chi connectivity index (χ4v) is 3.36. The molecule has 4 nitrogen and oxygen atoms in total. The lowest BCUT2D eigenvalue weighted by atomic mass is 9.85. The van der Waals surface area contributed by atoms with Crippen LogP contribution in [0.25, 0.3) is 0 Å². The summed E-state index contributed by atoms with van der Waals surface area (Å²) in [5.41, 5.74) is 0. The van der Waals surface area contributed by atoms with Gasteiger partial charge in [-0.3, -0.25) is 0 Å². The Balaban J connectivity index is 1.79. The lowest BCUT2D eigenvalue weighted by molar-refractivity contribution is 0.256. The van der Waals surface area contributed by atoms with E-state index in [4.69, 9.17) is 4.52 Å². The molecule has 2 rings (SSSR count). The summed E-state index contributed by atoms with van der Waals surface area (Å²) in [6, 6.07) is 0. The highest BCUT2D eigenvalue weighted by Gasteiger charge is 2.22. The smallest absolute Gasteiger partial charge is 0.226 e. The van der Waals surface area contributed by atoms with Crippen molar-refractivity contribution in [3.8, 4) is 0 Å². The van der Waals surface area contributed by atoms with Crippen molar-refractivity contribution < 1.29 is 4.52 Å². The van der Waals surface area contributed by atoms with E-state index in [2.05, 4.69) is 36.2 Å². The van der Waals surface area contributed by atoms with Gasteiger partial charge in [0.1, 0.15) is 0 Å². The third-order valence-corrected chi connectivity index (χ3v) is 5.55. The van der Waals surface area contributed by atoms with E-state index in [0.717, 1.165) is 36.4 Å². The number of nitrogens with zero attached hydrogens (tertiary/aromatic N) is 2. The molecule has 0 spiro atoms. The van der Waals surface area contributed by atoms with Gasteiger partial charge in [-0.05, 0) is 44.2 Å². The highest BCUT2D eigenvalue weighted by Crippen LogP contribution is 2.23. The lowest BCUT2D eigenvalue weighted by Crippen LogP contribution is -2.33. The minimum atomic E-state index is 0.610. The van der Waals surface area contributed by atoms with Crippen LogP contribution in [0.1, 0.15) is 51.7 Å². The molecule has 20 heavy (non-hydrogen) atoms. The molecule has 0 aliphatic carbocycles. The standard InChI is InChI=1S/C15H27N3OS/c1-4-12(3)20-10-14-17-15(19-18-14)8-11(2)13-6-5-7-16-9-13/h11-13,16H,4-10H2,1-3H3. The molecule has 0 amide bonds. The number of thioether (sulfide) groups is 1. The Labute approximate surface area is 126 Å². The summed E-state index contributed by atoms with van der Waals surface area (Å²) >= 11 is 1.89. The fourth-order valence-electron chi connectivity index (χ4n) is 2.57. The first kappa shape index (κ1) is 15.8. The van der Waals surface area contributed by atoms with Gasteiger partial charge in [0.05, 0.1) is 5.75 Å². The predicted molar refractivity (Wildman–Crippen MR) is 83.8 cm³/mol. The summed E-state index contributed by atoms with van der Waals surface area (Å²) in [6.07, 6.45) is 4.70. The van der Waals surface area contributed by atoms with Crippen LogP contribution in [-0.4, -0.2) is 28.5 Å². The van der Waals surface area contributed by atoms with Crippen molar-refractivity contribution in [3.05, 3.63) is 11.7 Å². The maximum absolute atomic E-state index is 5.40. The van der Waals surface area contributed by atoms with E-state index in [1.165, 1.54) is 25.8 Å². The van der Waals surface area contributed by atoms with Crippen LogP contribution < -0.4 is 5.32 Å². The Morgan fingerprint density at radius 2 is 2.30 bits per heavy atom. The second kappa shape index (κ2) is 8.03. The van der Waals surface area contributed by atoms with Crippen LogP contribution in [0.2, 0.25) is 0 Å². The number of aromatic nitrogens is 2. The molecule has 3 atom stereocenters. The minimum Gasteiger partial charge on any atom is -0.339 e. The van der Waals surface area contributed by atoms with E-state index in [0.29, 0.717) is 11.2 Å². The van der Waals surface area contributed by atoms with Crippen molar-refractivity contribution in [1.82, 2.24) is 15.5 Å². The second-order valence-electron chi connectivity index (χ2n) is 5.92. The van der Waals surface area contributed by atoms with E-state index in [-0.39, 0.29) is 0 Å². The van der Waals surface area contributed by atoms with Gasteiger partial charge in [0.15, 0.2) is 5.82 Å². The fraction of sp³-hybridized carbons (Fsp3) is 0.867. The van der Waals surface area contributed by atoms with Gasteiger partial charge in [-0.25, -0.2) is 0 Å². The maximum Gasteiger partial charge on any atom is 0.226 e. The molecule has 2 heterocycles. The Morgan fingerprint density at radius 3 is 3.00 bits per heavy atom. The highest BCUT2D eigenvalue weighted by atomic mass is 32.2.